The molecule has 0 spiro atoms. The molecule has 0 saturated carbocycles. The van der Waals surface area contributed by atoms with Gasteiger partial charge in [0, 0.05) is 23.5 Å². The van der Waals surface area contributed by atoms with E-state index < -0.39 is 16.1 Å². The second-order valence-electron chi connectivity index (χ2n) is 6.87. The lowest BCUT2D eigenvalue weighted by Crippen LogP contribution is -2.33. The molecule has 0 atom stereocenters. The lowest BCUT2D eigenvalue weighted by molar-refractivity contribution is -0.112. The standard InChI is InChI=1S/C21H21N3O6S/c1-14-17(21(25)22-16-7-8-19-20(11-16)30-10-9-29-19)13-24(31(26,27)23-14)12-15-5-3-4-6-18(15)28-2/h3-8,11,13H,9-10,12H2,1-2H3,(H,22,25). The van der Waals surface area contributed by atoms with Gasteiger partial charge in [-0.1, -0.05) is 18.2 Å². The van der Waals surface area contributed by atoms with Crippen molar-refractivity contribution in [3.63, 3.8) is 0 Å². The average Bonchev–Trinajstić information content (AvgIpc) is 2.75. The van der Waals surface area contributed by atoms with Crippen molar-refractivity contribution in [2.75, 3.05) is 25.6 Å². The number of fused-ring (bicyclic) bond motifs is 1. The topological polar surface area (TPSA) is 107 Å². The summed E-state index contributed by atoms with van der Waals surface area (Å²) in [5.74, 6) is 1.19. The molecule has 2 heterocycles. The summed E-state index contributed by atoms with van der Waals surface area (Å²) < 4.78 is 46.2. The van der Waals surface area contributed by atoms with Crippen molar-refractivity contribution in [2.24, 2.45) is 4.40 Å². The highest BCUT2D eigenvalue weighted by Gasteiger charge is 2.29. The largest absolute Gasteiger partial charge is 0.496 e. The molecule has 0 radical (unpaired) electrons. The summed E-state index contributed by atoms with van der Waals surface area (Å²) in [4.78, 5) is 12.9. The van der Waals surface area contributed by atoms with Crippen molar-refractivity contribution < 1.29 is 27.4 Å². The van der Waals surface area contributed by atoms with E-state index in [1.54, 1.807) is 42.5 Å². The summed E-state index contributed by atoms with van der Waals surface area (Å²) in [6.45, 7) is 2.35. The first-order chi connectivity index (χ1) is 14.9. The third-order valence-electron chi connectivity index (χ3n) is 4.77. The Labute approximate surface area is 180 Å². The van der Waals surface area contributed by atoms with Gasteiger partial charge in [0.05, 0.1) is 24.9 Å². The van der Waals surface area contributed by atoms with E-state index in [-0.39, 0.29) is 17.8 Å². The second-order valence-corrected chi connectivity index (χ2v) is 8.41. The van der Waals surface area contributed by atoms with E-state index in [0.717, 1.165) is 4.31 Å². The Morgan fingerprint density at radius 2 is 1.90 bits per heavy atom. The van der Waals surface area contributed by atoms with Crippen LogP contribution in [0.5, 0.6) is 17.2 Å². The predicted molar refractivity (Wildman–Crippen MR) is 115 cm³/mol. The fourth-order valence-corrected chi connectivity index (χ4v) is 4.34. The van der Waals surface area contributed by atoms with Crippen molar-refractivity contribution in [2.45, 2.75) is 13.5 Å². The van der Waals surface area contributed by atoms with Crippen molar-refractivity contribution in [1.82, 2.24) is 4.31 Å². The summed E-state index contributed by atoms with van der Waals surface area (Å²) >= 11 is 0. The molecule has 2 aliphatic rings. The Hall–Kier alpha value is -3.53. The SMILES string of the molecule is COc1ccccc1CN1C=C(C(=O)Nc2ccc3c(c2)OCCO3)C(C)=NS1(=O)=O. The molecule has 1 amide bonds. The van der Waals surface area contributed by atoms with Crippen molar-refractivity contribution in [3.05, 3.63) is 59.8 Å². The quantitative estimate of drug-likeness (QED) is 0.761. The minimum Gasteiger partial charge on any atom is -0.496 e. The molecule has 2 aliphatic heterocycles. The summed E-state index contributed by atoms with van der Waals surface area (Å²) in [6.07, 6.45) is 1.29. The van der Waals surface area contributed by atoms with E-state index >= 15 is 0 Å². The van der Waals surface area contributed by atoms with Gasteiger partial charge in [-0.3, -0.25) is 9.10 Å². The first-order valence-electron chi connectivity index (χ1n) is 9.51. The number of hydrogen-bond acceptors (Lipinski definition) is 6. The van der Waals surface area contributed by atoms with Crippen LogP contribution in [0.3, 0.4) is 0 Å². The summed E-state index contributed by atoms with van der Waals surface area (Å²) in [5, 5.41) is 2.76. The molecule has 9 nitrogen and oxygen atoms in total. The summed E-state index contributed by atoms with van der Waals surface area (Å²) in [5.41, 5.74) is 1.38. The van der Waals surface area contributed by atoms with E-state index in [1.165, 1.54) is 20.2 Å². The third-order valence-corrected chi connectivity index (χ3v) is 6.11. The van der Waals surface area contributed by atoms with Crippen molar-refractivity contribution in [1.29, 1.82) is 0 Å². The van der Waals surface area contributed by atoms with Gasteiger partial charge in [0.15, 0.2) is 11.5 Å². The summed E-state index contributed by atoms with van der Waals surface area (Å²) in [7, 11) is -2.47. The van der Waals surface area contributed by atoms with Crippen molar-refractivity contribution >= 4 is 27.5 Å². The number of nitrogens with one attached hydrogen (secondary N) is 1. The zero-order chi connectivity index (χ0) is 22.0. The lowest BCUT2D eigenvalue weighted by Gasteiger charge is -2.24. The number of amides is 1. The van der Waals surface area contributed by atoms with Gasteiger partial charge in [-0.15, -0.1) is 4.40 Å². The maximum absolute atomic E-state index is 12.9. The molecule has 2 aromatic rings. The van der Waals surface area contributed by atoms with Crippen LogP contribution in [0.2, 0.25) is 0 Å². The zero-order valence-electron chi connectivity index (χ0n) is 17.0. The Balaban J connectivity index is 1.59. The van der Waals surface area contributed by atoms with Crippen LogP contribution >= 0.6 is 0 Å². The Kier molecular flexibility index (Phi) is 5.55. The van der Waals surface area contributed by atoms with Crippen LogP contribution < -0.4 is 19.5 Å². The number of carbonyl (C=O) groups is 1. The number of hydrogen-bond donors (Lipinski definition) is 1. The molecule has 1 N–H and O–H groups in total. The fourth-order valence-electron chi connectivity index (χ4n) is 3.25. The number of anilines is 1. The highest BCUT2D eigenvalue weighted by molar-refractivity contribution is 7.88. The van der Waals surface area contributed by atoms with Crippen LogP contribution in [-0.4, -0.2) is 44.7 Å². The number of ether oxygens (including phenoxy) is 3. The van der Waals surface area contributed by atoms with Gasteiger partial charge in [0.1, 0.15) is 19.0 Å². The molecule has 0 aromatic heterocycles. The van der Waals surface area contributed by atoms with E-state index in [0.29, 0.717) is 41.7 Å². The van der Waals surface area contributed by atoms with Crippen LogP contribution in [0.25, 0.3) is 0 Å². The van der Waals surface area contributed by atoms with E-state index in [2.05, 4.69) is 9.71 Å². The van der Waals surface area contributed by atoms with E-state index in [4.69, 9.17) is 14.2 Å². The molecule has 10 heteroatoms. The first kappa shape index (κ1) is 20.7. The van der Waals surface area contributed by atoms with Crippen LogP contribution in [0, 0.1) is 0 Å². The van der Waals surface area contributed by atoms with E-state index in [1.807, 2.05) is 0 Å². The van der Waals surface area contributed by atoms with Gasteiger partial charge in [0.25, 0.3) is 5.91 Å². The van der Waals surface area contributed by atoms with Gasteiger partial charge in [-0.25, -0.2) is 0 Å². The second kappa shape index (κ2) is 8.31. The molecule has 4 rings (SSSR count). The minimum absolute atomic E-state index is 0.0239. The highest BCUT2D eigenvalue weighted by atomic mass is 32.2. The maximum Gasteiger partial charge on any atom is 0.344 e. The van der Waals surface area contributed by atoms with Crippen LogP contribution in [0.15, 0.2) is 58.6 Å². The molecular formula is C21H21N3O6S. The van der Waals surface area contributed by atoms with Crippen LogP contribution in [0.1, 0.15) is 12.5 Å². The predicted octanol–water partition coefficient (Wildman–Crippen LogP) is 2.51. The fraction of sp³-hybridized carbons (Fsp3) is 0.238. The van der Waals surface area contributed by atoms with E-state index in [9.17, 15) is 13.2 Å². The lowest BCUT2D eigenvalue weighted by atomic mass is 10.1. The number of benzene rings is 2. The molecule has 0 aliphatic carbocycles. The molecule has 0 bridgehead atoms. The Morgan fingerprint density at radius 1 is 1.16 bits per heavy atom. The number of para-hydroxylation sites is 1. The van der Waals surface area contributed by atoms with Crippen LogP contribution in [-0.2, 0) is 21.5 Å². The number of carbonyl (C=O) groups excluding carboxylic acids is 1. The smallest absolute Gasteiger partial charge is 0.344 e. The van der Waals surface area contributed by atoms with Gasteiger partial charge >= 0.3 is 10.2 Å². The molecule has 2 aromatic carbocycles. The van der Waals surface area contributed by atoms with Crippen molar-refractivity contribution in [3.8, 4) is 17.2 Å². The number of rotatable bonds is 5. The normalized spacial score (nSPS) is 16.8. The molecule has 31 heavy (non-hydrogen) atoms. The zero-order valence-corrected chi connectivity index (χ0v) is 17.8. The monoisotopic (exact) mass is 443 g/mol. The van der Waals surface area contributed by atoms with Gasteiger partial charge in [-0.2, -0.15) is 8.42 Å². The Bertz CT molecular complexity index is 1190. The highest BCUT2D eigenvalue weighted by Crippen LogP contribution is 2.33. The minimum atomic E-state index is -3.97. The summed E-state index contributed by atoms with van der Waals surface area (Å²) in [6, 6.07) is 12.1. The van der Waals surface area contributed by atoms with Crippen LogP contribution in [0.4, 0.5) is 5.69 Å². The number of nitrogens with zero attached hydrogens (tertiary/aromatic N) is 2. The molecule has 162 valence electrons. The van der Waals surface area contributed by atoms with Gasteiger partial charge in [-0.05, 0) is 25.1 Å². The molecule has 0 fully saturated rings. The average molecular weight is 443 g/mol. The Morgan fingerprint density at radius 3 is 2.68 bits per heavy atom. The molecule has 0 unspecified atom stereocenters. The van der Waals surface area contributed by atoms with Gasteiger partial charge in [0.2, 0.25) is 0 Å². The molecular weight excluding hydrogens is 422 g/mol. The number of methoxy groups -OCH3 is 1. The first-order valence-corrected chi connectivity index (χ1v) is 10.9. The maximum atomic E-state index is 12.9. The van der Waals surface area contributed by atoms with Gasteiger partial charge < -0.3 is 19.5 Å². The molecule has 0 saturated heterocycles. The third kappa shape index (κ3) is 4.33.